The lowest BCUT2D eigenvalue weighted by Gasteiger charge is -2.21. The molecule has 3 N–H and O–H groups in total. The van der Waals surface area contributed by atoms with Gasteiger partial charge in [-0.3, -0.25) is 10.1 Å². The molecule has 0 atom stereocenters. The molecule has 0 unspecified atom stereocenters. The molecule has 0 saturated heterocycles. The number of alkyl halides is 1. The number of hydrogen-bond acceptors (Lipinski definition) is 5. The summed E-state index contributed by atoms with van der Waals surface area (Å²) in [6, 6.07) is -0.814. The van der Waals surface area contributed by atoms with Crippen molar-refractivity contribution in [1.29, 1.82) is 0 Å². The van der Waals surface area contributed by atoms with Crippen molar-refractivity contribution < 1.29 is 23.8 Å². The van der Waals surface area contributed by atoms with Gasteiger partial charge in [-0.2, -0.15) is 0 Å². The molecule has 0 aromatic carbocycles. The normalized spacial score (nSPS) is 10.7. The average molecular weight is 399 g/mol. The van der Waals surface area contributed by atoms with Crippen LogP contribution in [0.3, 0.4) is 0 Å². The molecule has 8 heteroatoms. The fraction of sp³-hybridized carbons (Fsp3) is 0.867. The number of halogens is 1. The zero-order valence-corrected chi connectivity index (χ0v) is 16.2. The van der Waals surface area contributed by atoms with Crippen LogP contribution in [0.15, 0.2) is 0 Å². The maximum atomic E-state index is 11.3. The lowest BCUT2D eigenvalue weighted by molar-refractivity contribution is -0.122. The molecule has 0 aliphatic rings. The molecule has 0 radical (unpaired) electrons. The van der Waals surface area contributed by atoms with E-state index in [9.17, 15) is 9.59 Å². The van der Waals surface area contributed by atoms with Crippen molar-refractivity contribution in [3.8, 4) is 0 Å². The van der Waals surface area contributed by atoms with E-state index in [1.807, 2.05) is 33.0 Å². The first-order valence-corrected chi connectivity index (χ1v) is 8.70. The van der Waals surface area contributed by atoms with E-state index in [2.05, 4.69) is 15.9 Å². The maximum Gasteiger partial charge on any atom is 0.318 e. The summed E-state index contributed by atoms with van der Waals surface area (Å²) in [5.41, 5.74) is 4.81. The highest BCUT2D eigenvalue weighted by Crippen LogP contribution is 2.26. The number of carbonyl (C=O) groups excluding carboxylic acids is 2. The molecular formula is C15H31BrN2O5. The summed E-state index contributed by atoms with van der Waals surface area (Å²) in [5.74, 6) is -0.375. The molecule has 0 aromatic heterocycles. The van der Waals surface area contributed by atoms with E-state index in [4.69, 9.17) is 19.9 Å². The largest absolute Gasteiger partial charge is 0.379 e. The summed E-state index contributed by atoms with van der Waals surface area (Å²) < 4.78 is 14.7. The number of primary amides is 1. The van der Waals surface area contributed by atoms with Gasteiger partial charge in [-0.25, -0.2) is 4.79 Å². The lowest BCUT2D eigenvalue weighted by atomic mass is 10.0. The number of urea groups is 1. The molecule has 0 aliphatic heterocycles. The minimum Gasteiger partial charge on any atom is -0.379 e. The second-order valence-electron chi connectivity index (χ2n) is 4.50. The van der Waals surface area contributed by atoms with E-state index in [1.165, 1.54) is 0 Å². The van der Waals surface area contributed by atoms with Crippen LogP contribution in [0.2, 0.25) is 0 Å². The van der Waals surface area contributed by atoms with E-state index in [-0.39, 0.29) is 5.91 Å². The van der Waals surface area contributed by atoms with Gasteiger partial charge in [0, 0.05) is 13.2 Å². The molecule has 0 spiro atoms. The van der Waals surface area contributed by atoms with Gasteiger partial charge < -0.3 is 19.9 Å². The van der Waals surface area contributed by atoms with Crippen molar-refractivity contribution in [2.45, 2.75) is 44.9 Å². The molecule has 0 fully saturated rings. The van der Waals surface area contributed by atoms with Gasteiger partial charge in [0.05, 0.1) is 26.4 Å². The van der Waals surface area contributed by atoms with Gasteiger partial charge in [0.15, 0.2) is 0 Å². The van der Waals surface area contributed by atoms with Gasteiger partial charge in [-0.05, 0) is 26.7 Å². The number of amides is 3. The summed E-state index contributed by atoms with van der Waals surface area (Å²) in [6.07, 6.45) is 1.23. The minimum absolute atomic E-state index is 0.375. The Labute approximate surface area is 147 Å². The van der Waals surface area contributed by atoms with E-state index in [0.29, 0.717) is 39.3 Å². The number of nitrogens with one attached hydrogen (secondary N) is 1. The Kier molecular flexibility index (Phi) is 17.3. The predicted octanol–water partition coefficient (Wildman–Crippen LogP) is 2.21. The quantitative estimate of drug-likeness (QED) is 0.410. The molecule has 0 aromatic rings. The Morgan fingerprint density at radius 2 is 1.30 bits per heavy atom. The molecule has 0 heterocycles. The zero-order valence-electron chi connectivity index (χ0n) is 14.7. The van der Waals surface area contributed by atoms with Crippen molar-refractivity contribution in [3.63, 3.8) is 0 Å². The Bertz CT molecular complexity index is 304. The average Bonchev–Trinajstić information content (AvgIpc) is 2.53. The second-order valence-corrected chi connectivity index (χ2v) is 6.01. The number of carbonyl (C=O) groups is 2. The highest BCUT2D eigenvalue weighted by molar-refractivity contribution is 9.10. The van der Waals surface area contributed by atoms with E-state index < -0.39 is 10.4 Å². The Hall–Kier alpha value is -0.700. The van der Waals surface area contributed by atoms with Crippen molar-refractivity contribution in [3.05, 3.63) is 0 Å². The summed E-state index contributed by atoms with van der Waals surface area (Å²) >= 11 is 3.26. The number of hydrogen-bond donors (Lipinski definition) is 2. The third kappa shape index (κ3) is 14.6. The monoisotopic (exact) mass is 398 g/mol. The second kappa shape index (κ2) is 16.2. The molecule has 3 amide bonds. The Morgan fingerprint density at radius 1 is 0.913 bits per heavy atom. The molecule has 23 heavy (non-hydrogen) atoms. The summed E-state index contributed by atoms with van der Waals surface area (Å²) in [7, 11) is 0. The van der Waals surface area contributed by atoms with Crippen LogP contribution < -0.4 is 11.1 Å². The standard InChI is InChI=1S/C8H18O3.C7H13BrN2O2/c1-3-9-5-7-11-8-6-10-4-2;1-3-7(8,4-2)5(11)10-6(9)12/h3-8H2,1-2H3;3-4H2,1-2H3,(H3,9,10,11,12). The molecule has 138 valence electrons. The molecule has 0 saturated carbocycles. The molecule has 7 nitrogen and oxygen atoms in total. The number of ether oxygens (including phenoxy) is 3. The van der Waals surface area contributed by atoms with Crippen LogP contribution in [0.25, 0.3) is 0 Å². The van der Waals surface area contributed by atoms with Gasteiger partial charge in [-0.1, -0.05) is 29.8 Å². The van der Waals surface area contributed by atoms with Crippen LogP contribution in [0, 0.1) is 0 Å². The third-order valence-corrected chi connectivity index (χ3v) is 4.40. The first-order valence-electron chi connectivity index (χ1n) is 7.90. The van der Waals surface area contributed by atoms with Crippen molar-refractivity contribution in [2.75, 3.05) is 39.6 Å². The SMILES string of the molecule is CCC(Br)(CC)C(=O)NC(N)=O.CCOCCOCCOCC. The van der Waals surface area contributed by atoms with Crippen LogP contribution >= 0.6 is 15.9 Å². The first kappa shape index (κ1) is 24.6. The van der Waals surface area contributed by atoms with Crippen molar-refractivity contribution >= 4 is 27.9 Å². The van der Waals surface area contributed by atoms with Gasteiger partial charge in [0.2, 0.25) is 5.91 Å². The summed E-state index contributed by atoms with van der Waals surface area (Å²) in [5, 5.41) is 2.04. The van der Waals surface area contributed by atoms with Gasteiger partial charge in [0.1, 0.15) is 4.32 Å². The molecular weight excluding hydrogens is 368 g/mol. The smallest absolute Gasteiger partial charge is 0.318 e. The minimum atomic E-state index is -0.814. The van der Waals surface area contributed by atoms with Crippen LogP contribution in [0.5, 0.6) is 0 Å². The zero-order chi connectivity index (χ0) is 18.1. The van der Waals surface area contributed by atoms with Crippen LogP contribution in [0.4, 0.5) is 4.79 Å². The van der Waals surface area contributed by atoms with Crippen LogP contribution in [-0.2, 0) is 19.0 Å². The molecule has 0 bridgehead atoms. The number of nitrogens with two attached hydrogens (primary N) is 1. The topological polar surface area (TPSA) is 99.9 Å². The van der Waals surface area contributed by atoms with E-state index in [0.717, 1.165) is 13.2 Å². The fourth-order valence-corrected chi connectivity index (χ4v) is 1.52. The van der Waals surface area contributed by atoms with Crippen molar-refractivity contribution in [1.82, 2.24) is 5.32 Å². The molecule has 0 aliphatic carbocycles. The van der Waals surface area contributed by atoms with E-state index >= 15 is 0 Å². The Balaban J connectivity index is 0. The summed E-state index contributed by atoms with van der Waals surface area (Å²) in [4.78, 5) is 21.6. The van der Waals surface area contributed by atoms with Crippen molar-refractivity contribution in [2.24, 2.45) is 5.73 Å². The van der Waals surface area contributed by atoms with E-state index in [1.54, 1.807) is 0 Å². The first-order chi connectivity index (χ1) is 10.9. The van der Waals surface area contributed by atoms with Crippen LogP contribution in [-0.4, -0.2) is 55.9 Å². The Morgan fingerprint density at radius 3 is 1.61 bits per heavy atom. The van der Waals surface area contributed by atoms with Gasteiger partial charge in [-0.15, -0.1) is 0 Å². The summed E-state index contributed by atoms with van der Waals surface area (Å²) in [6.45, 7) is 11.9. The van der Waals surface area contributed by atoms with Gasteiger partial charge in [0.25, 0.3) is 0 Å². The fourth-order valence-electron chi connectivity index (χ4n) is 1.42. The van der Waals surface area contributed by atoms with Crippen LogP contribution in [0.1, 0.15) is 40.5 Å². The molecule has 0 rings (SSSR count). The third-order valence-electron chi connectivity index (χ3n) is 2.92. The highest BCUT2D eigenvalue weighted by Gasteiger charge is 2.32. The number of imide groups is 1. The van der Waals surface area contributed by atoms with Gasteiger partial charge >= 0.3 is 6.03 Å². The lowest BCUT2D eigenvalue weighted by Crippen LogP contribution is -2.46. The predicted molar refractivity (Wildman–Crippen MR) is 93.8 cm³/mol. The maximum absolute atomic E-state index is 11.3. The highest BCUT2D eigenvalue weighted by atomic mass is 79.9. The number of rotatable bonds is 11.